The maximum atomic E-state index is 6.45. The van der Waals surface area contributed by atoms with E-state index in [9.17, 15) is 0 Å². The number of rotatable bonds is 7. The zero-order valence-electron chi connectivity index (χ0n) is 12.4. The SMILES string of the molecule is CCN(CC1CCC1)c1ccc(CNC2CC2)c(Cl)c1. The first kappa shape index (κ1) is 14.2. The summed E-state index contributed by atoms with van der Waals surface area (Å²) in [6.45, 7) is 5.38. The van der Waals surface area contributed by atoms with Crippen molar-refractivity contribution < 1.29 is 0 Å². The highest BCUT2D eigenvalue weighted by atomic mass is 35.5. The maximum Gasteiger partial charge on any atom is 0.0471 e. The van der Waals surface area contributed by atoms with Crippen LogP contribution in [0, 0.1) is 5.92 Å². The molecule has 0 spiro atoms. The zero-order valence-corrected chi connectivity index (χ0v) is 13.1. The molecule has 2 aliphatic rings. The summed E-state index contributed by atoms with van der Waals surface area (Å²) in [5.41, 5.74) is 2.50. The molecule has 2 nitrogen and oxygen atoms in total. The first-order valence-electron chi connectivity index (χ1n) is 8.03. The molecule has 2 saturated carbocycles. The van der Waals surface area contributed by atoms with E-state index in [1.165, 1.54) is 49.9 Å². The third-order valence-electron chi connectivity index (χ3n) is 4.65. The maximum absolute atomic E-state index is 6.45. The van der Waals surface area contributed by atoms with E-state index < -0.39 is 0 Å². The number of anilines is 1. The van der Waals surface area contributed by atoms with E-state index in [1.54, 1.807) is 0 Å². The van der Waals surface area contributed by atoms with Gasteiger partial charge in [0.25, 0.3) is 0 Å². The topological polar surface area (TPSA) is 15.3 Å². The third kappa shape index (κ3) is 3.48. The van der Waals surface area contributed by atoms with Gasteiger partial charge in [-0.05, 0) is 56.2 Å². The molecule has 3 heteroatoms. The van der Waals surface area contributed by atoms with Crippen LogP contribution in [0.2, 0.25) is 5.02 Å². The first-order valence-corrected chi connectivity index (χ1v) is 8.41. The predicted molar refractivity (Wildman–Crippen MR) is 86.5 cm³/mol. The zero-order chi connectivity index (χ0) is 13.9. The molecule has 2 aliphatic carbocycles. The largest absolute Gasteiger partial charge is 0.371 e. The second-order valence-corrected chi connectivity index (χ2v) is 6.67. The summed E-state index contributed by atoms with van der Waals surface area (Å²) in [4.78, 5) is 2.47. The van der Waals surface area contributed by atoms with E-state index >= 15 is 0 Å². The number of nitrogens with zero attached hydrogens (tertiary/aromatic N) is 1. The van der Waals surface area contributed by atoms with Crippen molar-refractivity contribution >= 4 is 17.3 Å². The molecule has 110 valence electrons. The van der Waals surface area contributed by atoms with E-state index in [0.29, 0.717) is 0 Å². The highest BCUT2D eigenvalue weighted by Crippen LogP contribution is 2.30. The fraction of sp³-hybridized carbons (Fsp3) is 0.647. The van der Waals surface area contributed by atoms with Crippen LogP contribution in [0.1, 0.15) is 44.6 Å². The van der Waals surface area contributed by atoms with Crippen LogP contribution in [0.3, 0.4) is 0 Å². The second-order valence-electron chi connectivity index (χ2n) is 6.27. The van der Waals surface area contributed by atoms with E-state index in [2.05, 4.69) is 35.3 Å². The fourth-order valence-electron chi connectivity index (χ4n) is 2.82. The molecule has 0 aromatic heterocycles. The summed E-state index contributed by atoms with van der Waals surface area (Å²) in [5, 5.41) is 4.43. The van der Waals surface area contributed by atoms with Gasteiger partial charge in [-0.25, -0.2) is 0 Å². The molecule has 1 aromatic carbocycles. The average molecular weight is 293 g/mol. The van der Waals surface area contributed by atoms with E-state index in [0.717, 1.165) is 30.1 Å². The van der Waals surface area contributed by atoms with E-state index in [4.69, 9.17) is 11.6 Å². The normalized spacial score (nSPS) is 18.9. The molecule has 1 aromatic rings. The number of nitrogens with one attached hydrogen (secondary N) is 1. The van der Waals surface area contributed by atoms with Gasteiger partial charge < -0.3 is 10.2 Å². The summed E-state index contributed by atoms with van der Waals surface area (Å²) in [6.07, 6.45) is 6.84. The Labute approximate surface area is 127 Å². The van der Waals surface area contributed by atoms with Crippen molar-refractivity contribution in [2.45, 2.75) is 51.6 Å². The monoisotopic (exact) mass is 292 g/mol. The van der Waals surface area contributed by atoms with Crippen molar-refractivity contribution in [2.75, 3.05) is 18.0 Å². The number of benzene rings is 1. The minimum atomic E-state index is 0.733. The van der Waals surface area contributed by atoms with Crippen LogP contribution in [0.4, 0.5) is 5.69 Å². The van der Waals surface area contributed by atoms with Gasteiger partial charge >= 0.3 is 0 Å². The molecule has 0 unspecified atom stereocenters. The van der Waals surface area contributed by atoms with Crippen LogP contribution in [0.25, 0.3) is 0 Å². The molecule has 0 bridgehead atoms. The summed E-state index contributed by atoms with van der Waals surface area (Å²) < 4.78 is 0. The Morgan fingerprint density at radius 1 is 1.25 bits per heavy atom. The lowest BCUT2D eigenvalue weighted by atomic mass is 9.85. The van der Waals surface area contributed by atoms with Crippen LogP contribution in [-0.2, 0) is 6.54 Å². The van der Waals surface area contributed by atoms with Crippen LogP contribution in [-0.4, -0.2) is 19.1 Å². The van der Waals surface area contributed by atoms with Crippen molar-refractivity contribution in [2.24, 2.45) is 5.92 Å². The van der Waals surface area contributed by atoms with Gasteiger partial charge in [-0.1, -0.05) is 24.1 Å². The fourth-order valence-corrected chi connectivity index (χ4v) is 3.06. The van der Waals surface area contributed by atoms with Gasteiger partial charge in [-0.3, -0.25) is 0 Å². The minimum absolute atomic E-state index is 0.733. The summed E-state index contributed by atoms with van der Waals surface area (Å²) in [7, 11) is 0. The Morgan fingerprint density at radius 3 is 2.60 bits per heavy atom. The quantitative estimate of drug-likeness (QED) is 0.809. The Bertz CT molecular complexity index is 452. The van der Waals surface area contributed by atoms with Gasteiger partial charge in [0, 0.05) is 36.4 Å². The second kappa shape index (κ2) is 6.36. The lowest BCUT2D eigenvalue weighted by Gasteiger charge is -2.33. The number of hydrogen-bond donors (Lipinski definition) is 1. The van der Waals surface area contributed by atoms with Crippen LogP contribution < -0.4 is 10.2 Å². The van der Waals surface area contributed by atoms with Crippen molar-refractivity contribution in [1.29, 1.82) is 0 Å². The van der Waals surface area contributed by atoms with Gasteiger partial charge in [0.1, 0.15) is 0 Å². The average Bonchev–Trinajstić information content (AvgIpc) is 3.20. The smallest absolute Gasteiger partial charge is 0.0471 e. The van der Waals surface area contributed by atoms with Gasteiger partial charge in [0.05, 0.1) is 0 Å². The molecule has 0 atom stereocenters. The molecule has 0 amide bonds. The van der Waals surface area contributed by atoms with Crippen LogP contribution >= 0.6 is 11.6 Å². The molecular weight excluding hydrogens is 268 g/mol. The molecule has 0 radical (unpaired) electrons. The van der Waals surface area contributed by atoms with E-state index in [1.807, 2.05) is 0 Å². The Kier molecular flexibility index (Phi) is 4.52. The van der Waals surface area contributed by atoms with Crippen LogP contribution in [0.5, 0.6) is 0 Å². The Balaban J connectivity index is 1.63. The highest BCUT2D eigenvalue weighted by Gasteiger charge is 2.22. The van der Waals surface area contributed by atoms with Gasteiger partial charge in [0.15, 0.2) is 0 Å². The minimum Gasteiger partial charge on any atom is -0.371 e. The van der Waals surface area contributed by atoms with Crippen molar-refractivity contribution in [3.8, 4) is 0 Å². The molecule has 1 N–H and O–H groups in total. The predicted octanol–water partition coefficient (Wildman–Crippen LogP) is 4.22. The lowest BCUT2D eigenvalue weighted by Crippen LogP contribution is -2.32. The van der Waals surface area contributed by atoms with Gasteiger partial charge in [0.2, 0.25) is 0 Å². The molecule has 3 rings (SSSR count). The summed E-state index contributed by atoms with van der Waals surface area (Å²) >= 11 is 6.45. The van der Waals surface area contributed by atoms with Crippen LogP contribution in [0.15, 0.2) is 18.2 Å². The van der Waals surface area contributed by atoms with Crippen molar-refractivity contribution in [3.05, 3.63) is 28.8 Å². The molecule has 0 aliphatic heterocycles. The third-order valence-corrected chi connectivity index (χ3v) is 5.00. The molecule has 20 heavy (non-hydrogen) atoms. The van der Waals surface area contributed by atoms with Crippen molar-refractivity contribution in [1.82, 2.24) is 5.32 Å². The number of halogens is 1. The highest BCUT2D eigenvalue weighted by molar-refractivity contribution is 6.31. The lowest BCUT2D eigenvalue weighted by molar-refractivity contribution is 0.318. The summed E-state index contributed by atoms with van der Waals surface area (Å²) in [6, 6.07) is 7.30. The standard InChI is InChI=1S/C17H25ClN2/c1-2-20(12-13-4-3-5-13)16-9-6-14(17(18)10-16)11-19-15-7-8-15/h6,9-10,13,15,19H,2-5,7-8,11-12H2,1H3. The number of hydrogen-bond acceptors (Lipinski definition) is 2. The van der Waals surface area contributed by atoms with Crippen molar-refractivity contribution in [3.63, 3.8) is 0 Å². The molecule has 0 heterocycles. The van der Waals surface area contributed by atoms with E-state index in [-0.39, 0.29) is 0 Å². The summed E-state index contributed by atoms with van der Waals surface area (Å²) in [5.74, 6) is 0.893. The Hall–Kier alpha value is -0.730. The first-order chi connectivity index (χ1) is 9.76. The molecular formula is C17H25ClN2. The van der Waals surface area contributed by atoms with Gasteiger partial charge in [-0.2, -0.15) is 0 Å². The van der Waals surface area contributed by atoms with Gasteiger partial charge in [-0.15, -0.1) is 0 Å². The molecule has 2 fully saturated rings. The Morgan fingerprint density at radius 2 is 2.05 bits per heavy atom. The molecule has 0 saturated heterocycles.